The number of hydrogen-bond acceptors (Lipinski definition) is 3. The van der Waals surface area contributed by atoms with E-state index in [1.54, 1.807) is 18.2 Å². The number of rotatable bonds is 5. The summed E-state index contributed by atoms with van der Waals surface area (Å²) >= 11 is 6.28. The van der Waals surface area contributed by atoms with Crippen LogP contribution in [0.15, 0.2) is 48.5 Å². The van der Waals surface area contributed by atoms with Crippen LogP contribution in [0.25, 0.3) is 0 Å². The van der Waals surface area contributed by atoms with E-state index in [9.17, 15) is 9.59 Å². The Bertz CT molecular complexity index is 846. The van der Waals surface area contributed by atoms with E-state index in [1.807, 2.05) is 37.3 Å². The van der Waals surface area contributed by atoms with Gasteiger partial charge >= 0.3 is 0 Å². The van der Waals surface area contributed by atoms with Crippen LogP contribution in [-0.4, -0.2) is 43.4 Å². The zero-order valence-corrected chi connectivity index (χ0v) is 17.1. The molecule has 0 unspecified atom stereocenters. The number of amides is 2. The Morgan fingerprint density at radius 3 is 2.39 bits per heavy atom. The van der Waals surface area contributed by atoms with Gasteiger partial charge in [-0.2, -0.15) is 0 Å². The summed E-state index contributed by atoms with van der Waals surface area (Å²) in [7, 11) is 2.08. The van der Waals surface area contributed by atoms with Crippen molar-refractivity contribution < 1.29 is 9.59 Å². The molecule has 28 heavy (non-hydrogen) atoms. The predicted molar refractivity (Wildman–Crippen MR) is 113 cm³/mol. The lowest BCUT2D eigenvalue weighted by Crippen LogP contribution is -2.48. The Kier molecular flexibility index (Phi) is 6.37. The van der Waals surface area contributed by atoms with Gasteiger partial charge < -0.3 is 15.5 Å². The van der Waals surface area contributed by atoms with Crippen LogP contribution in [0.5, 0.6) is 0 Å². The molecule has 2 amide bonds. The summed E-state index contributed by atoms with van der Waals surface area (Å²) in [5.74, 6) is -0.255. The SMILES string of the molecule is CCNC(=O)c1ccc(NC(=O)C2(c3ccccc3)CCN(C)CC2)cc1Cl. The van der Waals surface area contributed by atoms with Crippen molar-refractivity contribution in [3.05, 3.63) is 64.7 Å². The number of carbonyl (C=O) groups excluding carboxylic acids is 2. The molecule has 2 aromatic carbocycles. The van der Waals surface area contributed by atoms with E-state index in [4.69, 9.17) is 11.6 Å². The van der Waals surface area contributed by atoms with Crippen LogP contribution < -0.4 is 10.6 Å². The summed E-state index contributed by atoms with van der Waals surface area (Å²) < 4.78 is 0. The Hall–Kier alpha value is -2.37. The molecule has 2 N–H and O–H groups in total. The Balaban J connectivity index is 1.85. The summed E-state index contributed by atoms with van der Waals surface area (Å²) in [6.45, 7) is 4.10. The third kappa shape index (κ3) is 4.21. The van der Waals surface area contributed by atoms with Crippen LogP contribution in [0.3, 0.4) is 0 Å². The number of likely N-dealkylation sites (tertiary alicyclic amines) is 1. The molecule has 2 aromatic rings. The van der Waals surface area contributed by atoms with Gasteiger partial charge in [0.2, 0.25) is 5.91 Å². The van der Waals surface area contributed by atoms with Crippen LogP contribution in [-0.2, 0) is 10.2 Å². The normalized spacial score (nSPS) is 16.4. The fraction of sp³-hybridized carbons (Fsp3) is 0.364. The molecule has 148 valence electrons. The second kappa shape index (κ2) is 8.76. The topological polar surface area (TPSA) is 61.4 Å². The molecule has 1 aliphatic rings. The zero-order chi connectivity index (χ0) is 20.1. The van der Waals surface area contributed by atoms with Gasteiger partial charge in [0.15, 0.2) is 0 Å². The Labute approximate surface area is 171 Å². The minimum Gasteiger partial charge on any atom is -0.352 e. The molecule has 0 aromatic heterocycles. The summed E-state index contributed by atoms with van der Waals surface area (Å²) in [5, 5.41) is 6.08. The highest BCUT2D eigenvalue weighted by molar-refractivity contribution is 6.34. The van der Waals surface area contributed by atoms with Crippen molar-refractivity contribution >= 4 is 29.1 Å². The summed E-state index contributed by atoms with van der Waals surface area (Å²) in [6.07, 6.45) is 1.51. The fourth-order valence-electron chi connectivity index (χ4n) is 3.69. The zero-order valence-electron chi connectivity index (χ0n) is 16.3. The monoisotopic (exact) mass is 399 g/mol. The molecule has 0 bridgehead atoms. The van der Waals surface area contributed by atoms with Gasteiger partial charge in [0.05, 0.1) is 16.0 Å². The van der Waals surface area contributed by atoms with Gasteiger partial charge in [-0.3, -0.25) is 9.59 Å². The first-order chi connectivity index (χ1) is 13.5. The second-order valence-electron chi connectivity index (χ2n) is 7.26. The number of benzene rings is 2. The lowest BCUT2D eigenvalue weighted by atomic mass is 9.72. The molecule has 0 aliphatic carbocycles. The Morgan fingerprint density at radius 2 is 1.79 bits per heavy atom. The lowest BCUT2D eigenvalue weighted by Gasteiger charge is -2.39. The number of halogens is 1. The molecule has 1 heterocycles. The first-order valence-electron chi connectivity index (χ1n) is 9.59. The van der Waals surface area contributed by atoms with Gasteiger partial charge in [0, 0.05) is 12.2 Å². The van der Waals surface area contributed by atoms with Crippen LogP contribution in [0.4, 0.5) is 5.69 Å². The van der Waals surface area contributed by atoms with Crippen LogP contribution in [0, 0.1) is 0 Å². The van der Waals surface area contributed by atoms with E-state index in [0.717, 1.165) is 31.5 Å². The van der Waals surface area contributed by atoms with Crippen molar-refractivity contribution in [3.63, 3.8) is 0 Å². The number of nitrogens with zero attached hydrogens (tertiary/aromatic N) is 1. The van der Waals surface area contributed by atoms with Crippen molar-refractivity contribution in [1.82, 2.24) is 10.2 Å². The van der Waals surface area contributed by atoms with Gasteiger partial charge in [-0.1, -0.05) is 41.9 Å². The molecule has 1 saturated heterocycles. The first kappa shape index (κ1) is 20.4. The lowest BCUT2D eigenvalue weighted by molar-refractivity contribution is -0.123. The maximum Gasteiger partial charge on any atom is 0.252 e. The van der Waals surface area contributed by atoms with E-state index < -0.39 is 5.41 Å². The molecule has 5 nitrogen and oxygen atoms in total. The highest BCUT2D eigenvalue weighted by Gasteiger charge is 2.42. The average molecular weight is 400 g/mol. The van der Waals surface area contributed by atoms with Gasteiger partial charge in [-0.05, 0) is 63.7 Å². The Morgan fingerprint density at radius 1 is 1.11 bits per heavy atom. The van der Waals surface area contributed by atoms with E-state index in [1.165, 1.54) is 0 Å². The largest absolute Gasteiger partial charge is 0.352 e. The van der Waals surface area contributed by atoms with Crippen molar-refractivity contribution in [2.75, 3.05) is 32.0 Å². The highest BCUT2D eigenvalue weighted by Crippen LogP contribution is 2.36. The average Bonchev–Trinajstić information content (AvgIpc) is 2.69. The summed E-state index contributed by atoms with van der Waals surface area (Å²) in [5.41, 5.74) is 1.46. The van der Waals surface area contributed by atoms with Gasteiger partial charge in [-0.15, -0.1) is 0 Å². The van der Waals surface area contributed by atoms with Crippen LogP contribution in [0.2, 0.25) is 5.02 Å². The maximum absolute atomic E-state index is 13.4. The molecular weight excluding hydrogens is 374 g/mol. The molecule has 0 saturated carbocycles. The van der Waals surface area contributed by atoms with Gasteiger partial charge in [0.25, 0.3) is 5.91 Å². The molecule has 1 aliphatic heterocycles. The second-order valence-corrected chi connectivity index (χ2v) is 7.67. The highest BCUT2D eigenvalue weighted by atomic mass is 35.5. The molecule has 0 spiro atoms. The molecule has 0 atom stereocenters. The first-order valence-corrected chi connectivity index (χ1v) is 9.97. The smallest absolute Gasteiger partial charge is 0.252 e. The fourth-order valence-corrected chi connectivity index (χ4v) is 3.95. The van der Waals surface area contributed by atoms with E-state index in [0.29, 0.717) is 22.8 Å². The number of hydrogen-bond donors (Lipinski definition) is 2. The quantitative estimate of drug-likeness (QED) is 0.806. The van der Waals surface area contributed by atoms with Crippen molar-refractivity contribution in [3.8, 4) is 0 Å². The predicted octanol–water partition coefficient (Wildman–Crippen LogP) is 3.69. The summed E-state index contributed by atoms with van der Waals surface area (Å²) in [6, 6.07) is 15.0. The minimum absolute atomic E-state index is 0.0337. The summed E-state index contributed by atoms with van der Waals surface area (Å²) in [4.78, 5) is 27.6. The third-order valence-corrected chi connectivity index (χ3v) is 5.72. The van der Waals surface area contributed by atoms with E-state index in [2.05, 4.69) is 22.6 Å². The van der Waals surface area contributed by atoms with Crippen LogP contribution in [0.1, 0.15) is 35.7 Å². The molecule has 6 heteroatoms. The number of carbonyl (C=O) groups is 2. The molecular formula is C22H26ClN3O2. The van der Waals surface area contributed by atoms with E-state index >= 15 is 0 Å². The molecule has 0 radical (unpaired) electrons. The number of anilines is 1. The van der Waals surface area contributed by atoms with E-state index in [-0.39, 0.29) is 11.8 Å². The number of nitrogens with one attached hydrogen (secondary N) is 2. The van der Waals surface area contributed by atoms with Crippen molar-refractivity contribution in [1.29, 1.82) is 0 Å². The van der Waals surface area contributed by atoms with Gasteiger partial charge in [0.1, 0.15) is 0 Å². The molecule has 1 fully saturated rings. The minimum atomic E-state index is -0.571. The third-order valence-electron chi connectivity index (χ3n) is 5.41. The molecule has 3 rings (SSSR count). The maximum atomic E-state index is 13.4. The number of piperidine rings is 1. The van der Waals surface area contributed by atoms with Crippen molar-refractivity contribution in [2.45, 2.75) is 25.2 Å². The standard InChI is InChI=1S/C22H26ClN3O2/c1-3-24-20(27)18-10-9-17(15-19(18)23)25-21(28)22(11-13-26(2)14-12-22)16-7-5-4-6-8-16/h4-10,15H,3,11-14H2,1-2H3,(H,24,27)(H,25,28). The van der Waals surface area contributed by atoms with Crippen LogP contribution >= 0.6 is 11.6 Å². The van der Waals surface area contributed by atoms with Gasteiger partial charge in [-0.25, -0.2) is 0 Å². The van der Waals surface area contributed by atoms with Crippen molar-refractivity contribution in [2.24, 2.45) is 0 Å².